The summed E-state index contributed by atoms with van der Waals surface area (Å²) in [5.41, 5.74) is 6.93. The Labute approximate surface area is 385 Å². The highest BCUT2D eigenvalue weighted by Crippen LogP contribution is 2.49. The molecule has 2 heterocycles. The van der Waals surface area contributed by atoms with Gasteiger partial charge in [0.15, 0.2) is 12.3 Å². The van der Waals surface area contributed by atoms with Gasteiger partial charge >= 0.3 is 5.97 Å². The van der Waals surface area contributed by atoms with Gasteiger partial charge in [-0.2, -0.15) is 21.4 Å². The van der Waals surface area contributed by atoms with Crippen molar-refractivity contribution in [3.05, 3.63) is 124 Å². The van der Waals surface area contributed by atoms with Crippen molar-refractivity contribution in [3.63, 3.8) is 0 Å². The number of nitrogens with zero attached hydrogens (tertiary/aromatic N) is 4. The lowest BCUT2D eigenvalue weighted by Crippen LogP contribution is -2.36. The van der Waals surface area contributed by atoms with E-state index in [9.17, 15) is 35.8 Å². The van der Waals surface area contributed by atoms with Crippen LogP contribution in [0.15, 0.2) is 117 Å². The summed E-state index contributed by atoms with van der Waals surface area (Å²) in [6.07, 6.45) is 12.9. The lowest BCUT2D eigenvalue weighted by Gasteiger charge is -2.28. The van der Waals surface area contributed by atoms with E-state index in [1.54, 1.807) is 24.3 Å². The van der Waals surface area contributed by atoms with Crippen LogP contribution in [0.25, 0.3) is 0 Å². The maximum atomic E-state index is 12.3. The molecule has 65 heavy (non-hydrogen) atoms. The van der Waals surface area contributed by atoms with Gasteiger partial charge in [0.2, 0.25) is 5.69 Å². The van der Waals surface area contributed by atoms with Crippen molar-refractivity contribution in [1.29, 1.82) is 0 Å². The summed E-state index contributed by atoms with van der Waals surface area (Å²) in [7, 11) is 1.66. The number of aryl methyl sites for hydroxylation is 1. The van der Waals surface area contributed by atoms with E-state index in [4.69, 9.17) is 4.74 Å². The molecular formula is C50H66N4O9S2+2. The minimum absolute atomic E-state index is 0.0217. The first-order valence-electron chi connectivity index (χ1n) is 22.2. The molecule has 3 aromatic rings. The number of rotatable bonds is 18. The quantitative estimate of drug-likeness (QED) is 0.0639. The Morgan fingerprint density at radius 2 is 1.49 bits per heavy atom. The van der Waals surface area contributed by atoms with Gasteiger partial charge in [0.05, 0.1) is 49.3 Å². The first-order chi connectivity index (χ1) is 30.3. The number of anilines is 1. The zero-order valence-corrected chi connectivity index (χ0v) is 40.9. The maximum absolute atomic E-state index is 12.3. The van der Waals surface area contributed by atoms with E-state index in [1.165, 1.54) is 12.1 Å². The minimum Gasteiger partial charge on any atom is -0.481 e. The second-order valence-corrected chi connectivity index (χ2v) is 22.5. The molecule has 3 N–H and O–H groups in total. The second-order valence-electron chi connectivity index (χ2n) is 19.7. The van der Waals surface area contributed by atoms with Gasteiger partial charge in [-0.15, -0.1) is 0 Å². The summed E-state index contributed by atoms with van der Waals surface area (Å²) < 4.78 is 79.1. The number of ether oxygens (including phenoxy) is 1. The normalized spacial score (nSPS) is 18.7. The second kappa shape index (κ2) is 19.1. The van der Waals surface area contributed by atoms with Crippen molar-refractivity contribution in [2.24, 2.45) is 0 Å². The molecule has 3 aromatic carbocycles. The van der Waals surface area contributed by atoms with Crippen molar-refractivity contribution >= 4 is 43.3 Å². The number of benzene rings is 3. The summed E-state index contributed by atoms with van der Waals surface area (Å²) >= 11 is 0. The van der Waals surface area contributed by atoms with Gasteiger partial charge in [-0.25, -0.2) is 0 Å². The van der Waals surface area contributed by atoms with E-state index < -0.39 is 37.0 Å². The molecule has 0 unspecified atom stereocenters. The zero-order valence-electron chi connectivity index (χ0n) is 39.3. The van der Waals surface area contributed by atoms with E-state index >= 15 is 0 Å². The molecule has 13 nitrogen and oxygen atoms in total. The van der Waals surface area contributed by atoms with Crippen LogP contribution in [0.3, 0.4) is 0 Å². The summed E-state index contributed by atoms with van der Waals surface area (Å²) in [6, 6.07) is 17.1. The summed E-state index contributed by atoms with van der Waals surface area (Å²) in [5, 5.41) is 9.26. The molecule has 0 saturated carbocycles. The summed E-state index contributed by atoms with van der Waals surface area (Å²) in [4.78, 5) is 15.4. The van der Waals surface area contributed by atoms with Crippen LogP contribution in [0.1, 0.15) is 82.9 Å². The van der Waals surface area contributed by atoms with Crippen molar-refractivity contribution in [2.75, 3.05) is 66.3 Å². The molecule has 1 aliphatic carbocycles. The van der Waals surface area contributed by atoms with E-state index in [2.05, 4.69) is 87.5 Å². The van der Waals surface area contributed by atoms with Crippen LogP contribution in [-0.2, 0) is 42.3 Å². The van der Waals surface area contributed by atoms with Crippen LogP contribution in [-0.4, -0.2) is 118 Å². The first-order valence-corrected chi connectivity index (χ1v) is 25.1. The van der Waals surface area contributed by atoms with E-state index in [1.807, 2.05) is 38.4 Å². The molecule has 6 rings (SSSR count). The molecule has 0 atom stereocenters. The van der Waals surface area contributed by atoms with Gasteiger partial charge in [-0.1, -0.05) is 32.1 Å². The first kappa shape index (κ1) is 49.5. The molecular weight excluding hydrogens is 865 g/mol. The molecule has 0 aromatic heterocycles. The van der Waals surface area contributed by atoms with E-state index in [0.29, 0.717) is 31.0 Å². The molecule has 0 amide bonds. The van der Waals surface area contributed by atoms with Crippen LogP contribution in [0.2, 0.25) is 0 Å². The molecule has 3 aliphatic rings. The lowest BCUT2D eigenvalue weighted by molar-refractivity contribution is -0.871. The predicted octanol–water partition coefficient (Wildman–Crippen LogP) is 8.30. The molecule has 2 aliphatic heterocycles. The number of carbonyl (C=O) groups is 1. The highest BCUT2D eigenvalue weighted by Gasteiger charge is 2.45. The third-order valence-corrected chi connectivity index (χ3v) is 14.4. The third-order valence-electron chi connectivity index (χ3n) is 12.7. The molecule has 0 bridgehead atoms. The van der Waals surface area contributed by atoms with Gasteiger partial charge in [-0.05, 0) is 143 Å². The van der Waals surface area contributed by atoms with Crippen molar-refractivity contribution < 1.29 is 49.6 Å². The fourth-order valence-corrected chi connectivity index (χ4v) is 10.2. The Bertz CT molecular complexity index is 2700. The number of carboxylic acids is 1. The number of quaternary nitrogens is 1. The van der Waals surface area contributed by atoms with Gasteiger partial charge in [0, 0.05) is 47.5 Å². The largest absolute Gasteiger partial charge is 0.481 e. The number of fused-ring (bicyclic) bond motifs is 2. The van der Waals surface area contributed by atoms with Gasteiger partial charge in [0.25, 0.3) is 20.2 Å². The van der Waals surface area contributed by atoms with Crippen LogP contribution in [0.5, 0.6) is 5.75 Å². The predicted molar refractivity (Wildman–Crippen MR) is 256 cm³/mol. The lowest BCUT2D eigenvalue weighted by atomic mass is 9.81. The molecule has 15 heteroatoms. The summed E-state index contributed by atoms with van der Waals surface area (Å²) in [6.45, 7) is 11.4. The van der Waals surface area contributed by atoms with Crippen LogP contribution < -0.4 is 9.64 Å². The standard InChI is InChI=1S/C50H64N4O9S2/c1-49(2)41-33-39(64(57,58)59)22-24-43(41)52(30-11-29-51(5)6)45(49)26-18-36-13-10-14-37(48(36)63-38-20-15-35(16-21-38)17-28-47(55)56)19-27-46-50(3,4)42-34-40(65(60,61)62)23-25-44(42)53(46)31-12-32-54(7,8)9/h15-16,18-27,33-34H,10-14,17,28-32H2,1-9H3,(H-2,55,56,57,58,59,60,61,62)/p+2. The monoisotopic (exact) mass is 930 g/mol. The van der Waals surface area contributed by atoms with Crippen LogP contribution in [0, 0.1) is 0 Å². The Morgan fingerprint density at radius 3 is 2.11 bits per heavy atom. The van der Waals surface area contributed by atoms with E-state index in [0.717, 1.165) is 100 Å². The zero-order chi connectivity index (χ0) is 47.7. The Morgan fingerprint density at radius 1 is 0.846 bits per heavy atom. The summed E-state index contributed by atoms with van der Waals surface area (Å²) in [5.74, 6) is 0.435. The average Bonchev–Trinajstić information content (AvgIpc) is 3.55. The van der Waals surface area contributed by atoms with Crippen molar-refractivity contribution in [2.45, 2.75) is 93.3 Å². The Balaban J connectivity index is 1.48. The fraction of sp³-hybridized carbons (Fsp3) is 0.440. The highest BCUT2D eigenvalue weighted by atomic mass is 32.2. The molecule has 0 saturated heterocycles. The molecule has 0 radical (unpaired) electrons. The van der Waals surface area contributed by atoms with Crippen LogP contribution >= 0.6 is 0 Å². The topological polar surface area (TPSA) is 165 Å². The number of aliphatic carboxylic acids is 1. The van der Waals surface area contributed by atoms with Crippen molar-refractivity contribution in [1.82, 2.24) is 4.90 Å². The number of allylic oxidation sites excluding steroid dienone is 7. The Hall–Kier alpha value is -4.90. The average molecular weight is 931 g/mol. The van der Waals surface area contributed by atoms with Gasteiger partial charge in [-0.3, -0.25) is 13.9 Å². The number of hydrogen-bond donors (Lipinski definition) is 3. The van der Waals surface area contributed by atoms with Crippen molar-refractivity contribution in [3.8, 4) is 5.75 Å². The fourth-order valence-electron chi connectivity index (χ4n) is 9.16. The van der Waals surface area contributed by atoms with Gasteiger partial charge in [0.1, 0.15) is 11.5 Å². The molecule has 0 fully saturated rings. The Kier molecular flexibility index (Phi) is 14.6. The molecule has 0 spiro atoms. The number of carboxylic acid groups (broad SMARTS) is 1. The maximum Gasteiger partial charge on any atom is 0.303 e. The third kappa shape index (κ3) is 11.6. The van der Waals surface area contributed by atoms with Crippen LogP contribution in [0.4, 0.5) is 11.4 Å². The SMILES string of the molecule is CN(C)CCCN1/C(=C/C=C2\CCCC(/C=C/C3=[N+](CCC[N+](C)(C)C)c4ccc(S(=O)(=O)O)cc4C3(C)C)=C2Oc2ccc(CCC(=O)O)cc2)C(C)(C)c2cc(S(=O)(=O)O)ccc21. The van der Waals surface area contributed by atoms with Gasteiger partial charge < -0.3 is 24.1 Å². The smallest absolute Gasteiger partial charge is 0.303 e. The minimum atomic E-state index is -4.43. The molecule has 350 valence electrons. The number of hydrogen-bond acceptors (Lipinski definition) is 8. The van der Waals surface area contributed by atoms with E-state index in [-0.39, 0.29) is 16.2 Å². The highest BCUT2D eigenvalue weighted by molar-refractivity contribution is 7.86.